The molecule has 1 N–H and O–H groups in total. The highest BCUT2D eigenvalue weighted by Crippen LogP contribution is 2.71. The first-order chi connectivity index (χ1) is 16.8. The Balaban J connectivity index is 1.69. The number of esters is 1. The van der Waals surface area contributed by atoms with Gasteiger partial charge in [0, 0.05) is 24.4 Å². The van der Waals surface area contributed by atoms with E-state index < -0.39 is 27.4 Å². The molecule has 1 aromatic rings. The van der Waals surface area contributed by atoms with Crippen molar-refractivity contribution < 1.29 is 24.2 Å². The van der Waals surface area contributed by atoms with Gasteiger partial charge in [-0.05, 0) is 31.7 Å². The molecule has 3 heterocycles. The lowest BCUT2D eigenvalue weighted by atomic mass is 9.66. The smallest absolute Gasteiger partial charge is 0.311 e. The molecule has 2 unspecified atom stereocenters. The Bertz CT molecular complexity index is 1000. The lowest BCUT2D eigenvalue weighted by Gasteiger charge is -2.37. The Morgan fingerprint density at radius 2 is 2.00 bits per heavy atom. The number of benzene rings is 1. The summed E-state index contributed by atoms with van der Waals surface area (Å²) in [7, 11) is 0. The Morgan fingerprint density at radius 3 is 2.66 bits per heavy atom. The van der Waals surface area contributed by atoms with Gasteiger partial charge in [-0.15, -0.1) is 24.9 Å². The molecule has 3 aliphatic heterocycles. The maximum absolute atomic E-state index is 14.1. The van der Waals surface area contributed by atoms with Crippen LogP contribution in [0.25, 0.3) is 0 Å². The predicted octanol–water partition coefficient (Wildman–Crippen LogP) is 2.79. The molecule has 8 heteroatoms. The number of hydrogen-bond donors (Lipinski definition) is 1. The van der Waals surface area contributed by atoms with Crippen LogP contribution in [0.3, 0.4) is 0 Å². The monoisotopic (exact) mass is 498 g/mol. The number of aliphatic hydroxyl groups is 1. The normalized spacial score (nSPS) is 30.7. The summed E-state index contributed by atoms with van der Waals surface area (Å²) in [6.07, 6.45) is 5.29. The van der Waals surface area contributed by atoms with Gasteiger partial charge in [-0.25, -0.2) is 0 Å². The number of nitrogens with zero attached hydrogens (tertiary/aromatic N) is 2. The Kier molecular flexibility index (Phi) is 7.43. The van der Waals surface area contributed by atoms with Crippen molar-refractivity contribution >= 4 is 29.5 Å². The predicted molar refractivity (Wildman–Crippen MR) is 135 cm³/mol. The van der Waals surface area contributed by atoms with Gasteiger partial charge >= 0.3 is 5.97 Å². The highest BCUT2D eigenvalue weighted by atomic mass is 32.2. The van der Waals surface area contributed by atoms with Crippen LogP contribution in [0.2, 0.25) is 0 Å². The first-order valence-electron chi connectivity index (χ1n) is 12.2. The summed E-state index contributed by atoms with van der Waals surface area (Å²) in [5.74, 6) is -2.07. The molecular weight excluding hydrogens is 464 g/mol. The number of rotatable bonds is 11. The minimum Gasteiger partial charge on any atom is -0.465 e. The van der Waals surface area contributed by atoms with Crippen molar-refractivity contribution in [3.63, 3.8) is 0 Å². The van der Waals surface area contributed by atoms with Crippen LogP contribution < -0.4 is 0 Å². The zero-order valence-electron chi connectivity index (χ0n) is 20.2. The number of hydrogen-bond acceptors (Lipinski definition) is 6. The fourth-order valence-electron chi connectivity index (χ4n) is 6.11. The molecule has 1 aromatic carbocycles. The lowest BCUT2D eigenvalue weighted by Crippen LogP contribution is -2.55. The number of likely N-dealkylation sites (tertiary alicyclic amines) is 1. The van der Waals surface area contributed by atoms with Crippen LogP contribution in [0.4, 0.5) is 0 Å². The van der Waals surface area contributed by atoms with E-state index in [-0.39, 0.29) is 37.5 Å². The van der Waals surface area contributed by atoms with Crippen molar-refractivity contribution in [3.05, 3.63) is 61.2 Å². The van der Waals surface area contributed by atoms with Crippen molar-refractivity contribution in [3.8, 4) is 0 Å². The number of ether oxygens (including phenoxy) is 1. The van der Waals surface area contributed by atoms with Gasteiger partial charge in [-0.1, -0.05) is 42.5 Å². The van der Waals surface area contributed by atoms with Gasteiger partial charge in [0.1, 0.15) is 6.04 Å². The fourth-order valence-corrected chi connectivity index (χ4v) is 8.45. The minimum atomic E-state index is -0.756. The summed E-state index contributed by atoms with van der Waals surface area (Å²) in [6, 6.07) is 8.94. The van der Waals surface area contributed by atoms with E-state index in [1.54, 1.807) is 28.8 Å². The lowest BCUT2D eigenvalue weighted by molar-refractivity contribution is -0.155. The van der Waals surface area contributed by atoms with E-state index in [9.17, 15) is 19.5 Å². The van der Waals surface area contributed by atoms with Gasteiger partial charge in [-0.3, -0.25) is 14.4 Å². The van der Waals surface area contributed by atoms with E-state index in [2.05, 4.69) is 13.2 Å². The van der Waals surface area contributed by atoms with E-state index in [0.717, 1.165) is 12.0 Å². The summed E-state index contributed by atoms with van der Waals surface area (Å²) in [5, 5.41) is 9.78. The quantitative estimate of drug-likeness (QED) is 0.287. The molecule has 0 radical (unpaired) electrons. The van der Waals surface area contributed by atoms with Crippen molar-refractivity contribution in [2.45, 2.75) is 48.3 Å². The average molecular weight is 499 g/mol. The van der Waals surface area contributed by atoms with Crippen LogP contribution in [0.15, 0.2) is 55.6 Å². The van der Waals surface area contributed by atoms with E-state index in [0.29, 0.717) is 25.9 Å². The maximum Gasteiger partial charge on any atom is 0.311 e. The number of thioether (sulfide) groups is 1. The number of amides is 2. The van der Waals surface area contributed by atoms with Crippen LogP contribution in [-0.4, -0.2) is 74.5 Å². The van der Waals surface area contributed by atoms with Crippen molar-refractivity contribution in [2.75, 3.05) is 26.3 Å². The van der Waals surface area contributed by atoms with Crippen molar-refractivity contribution in [1.82, 2.24) is 9.80 Å². The molecule has 3 saturated heterocycles. The summed E-state index contributed by atoms with van der Waals surface area (Å²) >= 11 is 1.60. The van der Waals surface area contributed by atoms with Gasteiger partial charge < -0.3 is 19.6 Å². The second-order valence-electron chi connectivity index (χ2n) is 9.72. The maximum atomic E-state index is 14.1. The van der Waals surface area contributed by atoms with Crippen LogP contribution in [0.1, 0.15) is 31.7 Å². The van der Waals surface area contributed by atoms with Gasteiger partial charge in [0.15, 0.2) is 0 Å². The third-order valence-corrected chi connectivity index (χ3v) is 9.53. The third kappa shape index (κ3) is 4.31. The molecule has 0 saturated carbocycles. The highest BCUT2D eigenvalue weighted by molar-refractivity contribution is 8.02. The fraction of sp³-hybridized carbons (Fsp3) is 0.519. The SMILES string of the molecule is C=CCCOC(=O)[C@H]1[C@H]2C(=O)N(CCO)C(C(=O)N(CC=C)Cc3ccccc3)C23CC[C@]1(C)S3. The van der Waals surface area contributed by atoms with Crippen molar-refractivity contribution in [1.29, 1.82) is 0 Å². The Morgan fingerprint density at radius 1 is 1.26 bits per heavy atom. The standard InChI is InChI=1S/C27H34N2O5S/c1-4-6-17-34-25(33)21-20-23(31)29(15-16-30)22(27(20)13-12-26(21,3)35-27)24(32)28(14-5-2)18-19-10-8-7-9-11-19/h4-5,7-11,20-22,30H,1-2,6,12-18H2,3H3/t20-,21+,22?,26-,27?/m0/s1. The number of carbonyl (C=O) groups is 3. The zero-order chi connectivity index (χ0) is 25.2. The molecule has 4 rings (SSSR count). The molecule has 188 valence electrons. The summed E-state index contributed by atoms with van der Waals surface area (Å²) < 4.78 is 4.34. The van der Waals surface area contributed by atoms with Gasteiger partial charge in [-0.2, -0.15) is 0 Å². The molecule has 35 heavy (non-hydrogen) atoms. The number of aliphatic hydroxyl groups excluding tert-OH is 1. The summed E-state index contributed by atoms with van der Waals surface area (Å²) in [5.41, 5.74) is 0.980. The van der Waals surface area contributed by atoms with Gasteiger partial charge in [0.2, 0.25) is 11.8 Å². The first-order valence-corrected chi connectivity index (χ1v) is 13.0. The van der Waals surface area contributed by atoms with Crippen LogP contribution in [0.5, 0.6) is 0 Å². The van der Waals surface area contributed by atoms with E-state index in [4.69, 9.17) is 4.74 Å². The third-order valence-electron chi connectivity index (χ3n) is 7.55. The zero-order valence-corrected chi connectivity index (χ0v) is 21.0. The van der Waals surface area contributed by atoms with Crippen molar-refractivity contribution in [2.24, 2.45) is 11.8 Å². The molecule has 5 atom stereocenters. The number of β-amino-alcohol motifs (C(OH)–C–C–N with tert-alkyl or cyclic N) is 1. The van der Waals surface area contributed by atoms with E-state index >= 15 is 0 Å². The molecule has 0 aliphatic carbocycles. The summed E-state index contributed by atoms with van der Waals surface area (Å²) in [4.78, 5) is 44.4. The number of fused-ring (bicyclic) bond motifs is 1. The van der Waals surface area contributed by atoms with Crippen LogP contribution in [-0.2, 0) is 25.7 Å². The molecular formula is C27H34N2O5S. The van der Waals surface area contributed by atoms with E-state index in [1.165, 1.54) is 4.90 Å². The summed E-state index contributed by atoms with van der Waals surface area (Å²) in [6.45, 7) is 10.2. The molecule has 7 nitrogen and oxygen atoms in total. The van der Waals surface area contributed by atoms with Gasteiger partial charge in [0.25, 0.3) is 0 Å². The second-order valence-corrected chi connectivity index (χ2v) is 11.6. The van der Waals surface area contributed by atoms with E-state index in [1.807, 2.05) is 37.3 Å². The molecule has 3 fully saturated rings. The topological polar surface area (TPSA) is 87.1 Å². The number of carbonyl (C=O) groups excluding carboxylic acids is 3. The minimum absolute atomic E-state index is 0.0518. The molecule has 1 spiro atoms. The molecule has 0 aromatic heterocycles. The Hall–Kier alpha value is -2.58. The van der Waals surface area contributed by atoms with Gasteiger partial charge in [0.05, 0.1) is 29.8 Å². The molecule has 2 bridgehead atoms. The second kappa shape index (κ2) is 10.2. The van der Waals surface area contributed by atoms with Crippen LogP contribution >= 0.6 is 11.8 Å². The first kappa shape index (κ1) is 25.5. The largest absolute Gasteiger partial charge is 0.465 e. The Labute approximate surface area is 211 Å². The highest BCUT2D eigenvalue weighted by Gasteiger charge is 2.77. The molecule has 3 aliphatic rings. The molecule has 2 amide bonds. The van der Waals surface area contributed by atoms with Crippen LogP contribution in [0, 0.1) is 11.8 Å². The average Bonchev–Trinajstić information content (AvgIpc) is 3.40.